The Labute approximate surface area is 120 Å². The SMILES string of the molecule is CC(C)(C)CCC(=O)c1ccccc1-c1ccccn1. The van der Waals surface area contributed by atoms with Crippen molar-refractivity contribution in [2.24, 2.45) is 5.41 Å². The molecule has 104 valence electrons. The Morgan fingerprint density at radius 1 is 1.05 bits per heavy atom. The average molecular weight is 267 g/mol. The first-order valence-corrected chi connectivity index (χ1v) is 7.01. The van der Waals surface area contributed by atoms with Gasteiger partial charge in [0.1, 0.15) is 0 Å². The molecule has 0 radical (unpaired) electrons. The van der Waals surface area contributed by atoms with Gasteiger partial charge in [-0.25, -0.2) is 0 Å². The van der Waals surface area contributed by atoms with E-state index >= 15 is 0 Å². The highest BCUT2D eigenvalue weighted by Crippen LogP contribution is 2.26. The Morgan fingerprint density at radius 2 is 1.75 bits per heavy atom. The van der Waals surface area contributed by atoms with Crippen molar-refractivity contribution in [1.29, 1.82) is 0 Å². The van der Waals surface area contributed by atoms with Crippen LogP contribution in [0.4, 0.5) is 0 Å². The number of carbonyl (C=O) groups is 1. The second kappa shape index (κ2) is 6.00. The van der Waals surface area contributed by atoms with E-state index in [1.807, 2.05) is 42.5 Å². The topological polar surface area (TPSA) is 30.0 Å². The van der Waals surface area contributed by atoms with Crippen LogP contribution in [0, 0.1) is 5.41 Å². The first-order chi connectivity index (χ1) is 9.47. The number of rotatable bonds is 4. The molecule has 2 aromatic rings. The number of nitrogens with zero attached hydrogens (tertiary/aromatic N) is 1. The molecule has 0 aliphatic carbocycles. The molecule has 0 fully saturated rings. The summed E-state index contributed by atoms with van der Waals surface area (Å²) in [5.41, 5.74) is 2.73. The number of hydrogen-bond donors (Lipinski definition) is 0. The summed E-state index contributed by atoms with van der Waals surface area (Å²) in [7, 11) is 0. The fourth-order valence-corrected chi connectivity index (χ4v) is 2.09. The van der Waals surface area contributed by atoms with Crippen LogP contribution in [0.5, 0.6) is 0 Å². The summed E-state index contributed by atoms with van der Waals surface area (Å²) < 4.78 is 0. The molecule has 0 saturated carbocycles. The average Bonchev–Trinajstić information content (AvgIpc) is 2.45. The Kier molecular flexibility index (Phi) is 4.33. The highest BCUT2D eigenvalue weighted by Gasteiger charge is 2.17. The third-order valence-electron chi connectivity index (χ3n) is 3.27. The molecular weight excluding hydrogens is 246 g/mol. The van der Waals surface area contributed by atoms with Gasteiger partial charge in [0.2, 0.25) is 0 Å². The molecule has 1 aromatic carbocycles. The molecule has 1 aromatic heterocycles. The predicted octanol–water partition coefficient (Wildman–Crippen LogP) is 4.76. The van der Waals surface area contributed by atoms with Gasteiger partial charge in [0.15, 0.2) is 5.78 Å². The van der Waals surface area contributed by atoms with Crippen molar-refractivity contribution in [3.63, 3.8) is 0 Å². The number of ketones is 1. The molecule has 0 spiro atoms. The highest BCUT2D eigenvalue weighted by molar-refractivity contribution is 6.01. The molecule has 0 saturated heterocycles. The Morgan fingerprint density at radius 3 is 2.40 bits per heavy atom. The smallest absolute Gasteiger partial charge is 0.163 e. The lowest BCUT2D eigenvalue weighted by atomic mass is 9.87. The second-order valence-corrected chi connectivity index (χ2v) is 6.24. The van der Waals surface area contributed by atoms with Crippen LogP contribution in [-0.4, -0.2) is 10.8 Å². The Balaban J connectivity index is 2.27. The van der Waals surface area contributed by atoms with Gasteiger partial charge in [-0.05, 0) is 24.0 Å². The lowest BCUT2D eigenvalue weighted by Crippen LogP contribution is -2.10. The summed E-state index contributed by atoms with van der Waals surface area (Å²) >= 11 is 0. The maximum atomic E-state index is 12.5. The zero-order chi connectivity index (χ0) is 14.6. The predicted molar refractivity (Wildman–Crippen MR) is 82.7 cm³/mol. The molecule has 0 aliphatic rings. The van der Waals surface area contributed by atoms with E-state index in [-0.39, 0.29) is 11.2 Å². The minimum Gasteiger partial charge on any atom is -0.294 e. The minimum absolute atomic E-state index is 0.176. The fourth-order valence-electron chi connectivity index (χ4n) is 2.09. The lowest BCUT2D eigenvalue weighted by Gasteiger charge is -2.17. The second-order valence-electron chi connectivity index (χ2n) is 6.24. The number of hydrogen-bond acceptors (Lipinski definition) is 2. The van der Waals surface area contributed by atoms with Crippen molar-refractivity contribution in [1.82, 2.24) is 4.98 Å². The third kappa shape index (κ3) is 3.77. The Hall–Kier alpha value is -1.96. The van der Waals surface area contributed by atoms with E-state index in [2.05, 4.69) is 25.8 Å². The van der Waals surface area contributed by atoms with Gasteiger partial charge in [0, 0.05) is 23.7 Å². The van der Waals surface area contributed by atoms with E-state index in [0.29, 0.717) is 6.42 Å². The van der Waals surface area contributed by atoms with Gasteiger partial charge in [-0.2, -0.15) is 0 Å². The van der Waals surface area contributed by atoms with Crippen LogP contribution >= 0.6 is 0 Å². The van der Waals surface area contributed by atoms with E-state index in [4.69, 9.17) is 0 Å². The largest absolute Gasteiger partial charge is 0.294 e. The van der Waals surface area contributed by atoms with Crippen molar-refractivity contribution in [2.75, 3.05) is 0 Å². The van der Waals surface area contributed by atoms with Gasteiger partial charge in [-0.15, -0.1) is 0 Å². The number of pyridine rings is 1. The van der Waals surface area contributed by atoms with E-state index in [1.54, 1.807) is 6.20 Å². The maximum Gasteiger partial charge on any atom is 0.163 e. The fraction of sp³-hybridized carbons (Fsp3) is 0.333. The number of carbonyl (C=O) groups excluding carboxylic acids is 1. The molecule has 0 bridgehead atoms. The zero-order valence-electron chi connectivity index (χ0n) is 12.4. The molecule has 2 heteroatoms. The van der Waals surface area contributed by atoms with Crippen LogP contribution in [0.25, 0.3) is 11.3 Å². The quantitative estimate of drug-likeness (QED) is 0.748. The van der Waals surface area contributed by atoms with Gasteiger partial charge in [-0.1, -0.05) is 51.1 Å². The Bertz CT molecular complexity index is 582. The summed E-state index contributed by atoms with van der Waals surface area (Å²) in [6.45, 7) is 6.47. The molecule has 0 amide bonds. The molecule has 0 N–H and O–H groups in total. The summed E-state index contributed by atoms with van der Waals surface area (Å²) in [6.07, 6.45) is 3.22. The normalized spacial score (nSPS) is 11.3. The van der Waals surface area contributed by atoms with Crippen LogP contribution in [0.1, 0.15) is 44.0 Å². The van der Waals surface area contributed by atoms with Crippen molar-refractivity contribution in [3.05, 3.63) is 54.2 Å². The highest BCUT2D eigenvalue weighted by atomic mass is 16.1. The van der Waals surface area contributed by atoms with Gasteiger partial charge < -0.3 is 0 Å². The monoisotopic (exact) mass is 267 g/mol. The molecule has 2 rings (SSSR count). The van der Waals surface area contributed by atoms with Crippen LogP contribution < -0.4 is 0 Å². The molecule has 1 heterocycles. The minimum atomic E-state index is 0.176. The molecule has 20 heavy (non-hydrogen) atoms. The molecule has 0 aliphatic heterocycles. The van der Waals surface area contributed by atoms with Crippen molar-refractivity contribution in [2.45, 2.75) is 33.6 Å². The van der Waals surface area contributed by atoms with Gasteiger partial charge in [0.25, 0.3) is 0 Å². The van der Waals surface area contributed by atoms with Crippen molar-refractivity contribution < 1.29 is 4.79 Å². The number of Topliss-reactive ketones (excluding diaryl/α,β-unsaturated/α-hetero) is 1. The third-order valence-corrected chi connectivity index (χ3v) is 3.27. The lowest BCUT2D eigenvalue weighted by molar-refractivity contribution is 0.0966. The summed E-state index contributed by atoms with van der Waals surface area (Å²) in [4.78, 5) is 16.8. The van der Waals surface area contributed by atoms with Crippen LogP contribution in [0.3, 0.4) is 0 Å². The standard InChI is InChI=1S/C18H21NO/c1-18(2,3)12-11-17(20)15-9-5-4-8-14(15)16-10-6-7-13-19-16/h4-10,13H,11-12H2,1-3H3. The van der Waals surface area contributed by atoms with E-state index in [9.17, 15) is 4.79 Å². The first-order valence-electron chi connectivity index (χ1n) is 7.01. The van der Waals surface area contributed by atoms with Crippen LogP contribution in [0.15, 0.2) is 48.7 Å². The molecule has 2 nitrogen and oxygen atoms in total. The zero-order valence-corrected chi connectivity index (χ0v) is 12.4. The van der Waals surface area contributed by atoms with Crippen LogP contribution in [-0.2, 0) is 0 Å². The van der Waals surface area contributed by atoms with Gasteiger partial charge in [0.05, 0.1) is 5.69 Å². The van der Waals surface area contributed by atoms with Gasteiger partial charge >= 0.3 is 0 Å². The molecular formula is C18H21NO. The number of benzene rings is 1. The first kappa shape index (κ1) is 14.4. The van der Waals surface area contributed by atoms with E-state index in [0.717, 1.165) is 23.2 Å². The van der Waals surface area contributed by atoms with Crippen molar-refractivity contribution in [3.8, 4) is 11.3 Å². The van der Waals surface area contributed by atoms with E-state index < -0.39 is 0 Å². The van der Waals surface area contributed by atoms with Crippen molar-refractivity contribution >= 4 is 5.78 Å². The van der Waals surface area contributed by atoms with Gasteiger partial charge in [-0.3, -0.25) is 9.78 Å². The van der Waals surface area contributed by atoms with Crippen LogP contribution in [0.2, 0.25) is 0 Å². The summed E-state index contributed by atoms with van der Waals surface area (Å²) in [6, 6.07) is 13.5. The number of aromatic nitrogens is 1. The summed E-state index contributed by atoms with van der Waals surface area (Å²) in [5.74, 6) is 0.196. The summed E-state index contributed by atoms with van der Waals surface area (Å²) in [5, 5.41) is 0. The van der Waals surface area contributed by atoms with E-state index in [1.165, 1.54) is 0 Å². The molecule has 0 atom stereocenters. The maximum absolute atomic E-state index is 12.5. The molecule has 0 unspecified atom stereocenters.